The average Bonchev–Trinajstić information content (AvgIpc) is 2.85. The first-order valence-electron chi connectivity index (χ1n) is 10.9. The monoisotopic (exact) mass is 450 g/mol. The maximum Gasteiger partial charge on any atom is 0.273 e. The Labute approximate surface area is 190 Å². The Morgan fingerprint density at radius 1 is 0.909 bits per heavy atom. The van der Waals surface area contributed by atoms with E-state index in [-0.39, 0.29) is 42.3 Å². The number of carbonyl (C=O) groups is 2. The Kier molecular flexibility index (Phi) is 6.58. The van der Waals surface area contributed by atoms with Crippen molar-refractivity contribution in [3.63, 3.8) is 0 Å². The molecule has 172 valence electrons. The van der Waals surface area contributed by atoms with Crippen molar-refractivity contribution in [2.75, 3.05) is 33.3 Å². The summed E-state index contributed by atoms with van der Waals surface area (Å²) in [5.74, 6) is 0.606. The van der Waals surface area contributed by atoms with Gasteiger partial charge in [0.25, 0.3) is 11.1 Å². The van der Waals surface area contributed by atoms with E-state index in [4.69, 9.17) is 4.74 Å². The normalized spacial score (nSPS) is 13.8. The van der Waals surface area contributed by atoms with E-state index in [1.807, 2.05) is 24.3 Å². The van der Waals surface area contributed by atoms with Gasteiger partial charge in [0.1, 0.15) is 5.75 Å². The highest BCUT2D eigenvalue weighted by Gasteiger charge is 2.24. The third kappa shape index (κ3) is 4.97. The van der Waals surface area contributed by atoms with Crippen LogP contribution in [-0.4, -0.2) is 64.7 Å². The van der Waals surface area contributed by atoms with Gasteiger partial charge in [0.2, 0.25) is 11.8 Å². The summed E-state index contributed by atoms with van der Waals surface area (Å²) < 4.78 is 6.39. The smallest absolute Gasteiger partial charge is 0.273 e. The predicted molar refractivity (Wildman–Crippen MR) is 123 cm³/mol. The molecule has 2 aromatic carbocycles. The highest BCUT2D eigenvalue weighted by Crippen LogP contribution is 2.14. The van der Waals surface area contributed by atoms with Crippen molar-refractivity contribution in [1.29, 1.82) is 0 Å². The summed E-state index contributed by atoms with van der Waals surface area (Å²) in [6.45, 7) is 1.88. The second kappa shape index (κ2) is 9.72. The van der Waals surface area contributed by atoms with Gasteiger partial charge >= 0.3 is 0 Å². The molecule has 1 aliphatic heterocycles. The van der Waals surface area contributed by atoms with E-state index >= 15 is 0 Å². The van der Waals surface area contributed by atoms with E-state index in [1.54, 1.807) is 41.2 Å². The number of ether oxygens (including phenoxy) is 1. The number of amides is 2. The topological polar surface area (TPSA) is 105 Å². The molecule has 0 spiro atoms. The summed E-state index contributed by atoms with van der Waals surface area (Å²) in [6, 6.07) is 14.0. The first-order chi connectivity index (χ1) is 16.0. The number of hydrogen-bond acceptors (Lipinski definition) is 5. The first-order valence-corrected chi connectivity index (χ1v) is 10.9. The fourth-order valence-electron chi connectivity index (χ4n) is 4.04. The van der Waals surface area contributed by atoms with E-state index in [9.17, 15) is 19.2 Å². The number of fused-ring (bicyclic) bond motifs is 1. The number of H-pyrrole nitrogens is 1. The van der Waals surface area contributed by atoms with Gasteiger partial charge in [-0.05, 0) is 29.8 Å². The summed E-state index contributed by atoms with van der Waals surface area (Å²) in [5, 5.41) is 3.21. The van der Waals surface area contributed by atoms with Gasteiger partial charge in [0, 0.05) is 32.6 Å². The van der Waals surface area contributed by atoms with E-state index in [0.717, 1.165) is 5.56 Å². The third-order valence-corrected chi connectivity index (χ3v) is 5.91. The van der Waals surface area contributed by atoms with Crippen LogP contribution >= 0.6 is 0 Å². The number of methoxy groups -OCH3 is 1. The molecular formula is C24H26N4O5. The van der Waals surface area contributed by atoms with Gasteiger partial charge in [0.15, 0.2) is 0 Å². The van der Waals surface area contributed by atoms with Crippen LogP contribution in [0.1, 0.15) is 12.0 Å². The van der Waals surface area contributed by atoms with Crippen molar-refractivity contribution in [3.8, 4) is 5.75 Å². The molecule has 0 radical (unpaired) electrons. The number of piperazine rings is 1. The van der Waals surface area contributed by atoms with Crippen LogP contribution in [0.3, 0.4) is 0 Å². The van der Waals surface area contributed by atoms with Crippen molar-refractivity contribution >= 4 is 22.6 Å². The lowest BCUT2D eigenvalue weighted by molar-refractivity contribution is -0.139. The van der Waals surface area contributed by atoms with Gasteiger partial charge in [0.05, 0.1) is 30.8 Å². The summed E-state index contributed by atoms with van der Waals surface area (Å²) in [5.41, 5.74) is 0.194. The highest BCUT2D eigenvalue weighted by molar-refractivity contribution is 5.81. The van der Waals surface area contributed by atoms with E-state index in [2.05, 4.69) is 5.10 Å². The Bertz CT molecular complexity index is 1290. The van der Waals surface area contributed by atoms with Crippen molar-refractivity contribution in [3.05, 3.63) is 74.8 Å². The molecule has 0 aliphatic carbocycles. The lowest BCUT2D eigenvalue weighted by atomic mass is 10.1. The van der Waals surface area contributed by atoms with Crippen LogP contribution in [0.15, 0.2) is 58.1 Å². The maximum absolute atomic E-state index is 12.7. The Morgan fingerprint density at radius 2 is 1.58 bits per heavy atom. The number of aryl methyl sites for hydroxylation is 1. The molecule has 0 bridgehead atoms. The zero-order valence-corrected chi connectivity index (χ0v) is 18.5. The third-order valence-electron chi connectivity index (χ3n) is 5.91. The highest BCUT2D eigenvalue weighted by atomic mass is 16.5. The van der Waals surface area contributed by atoms with Gasteiger partial charge in [-0.3, -0.25) is 24.3 Å². The Morgan fingerprint density at radius 3 is 2.27 bits per heavy atom. The summed E-state index contributed by atoms with van der Waals surface area (Å²) in [6.07, 6.45) is 0.370. The second-order valence-corrected chi connectivity index (χ2v) is 7.98. The molecule has 9 nitrogen and oxygen atoms in total. The van der Waals surface area contributed by atoms with Gasteiger partial charge in [-0.25, -0.2) is 4.68 Å². The van der Waals surface area contributed by atoms with E-state index in [1.165, 1.54) is 4.68 Å². The van der Waals surface area contributed by atoms with Crippen LogP contribution in [0.4, 0.5) is 0 Å². The molecule has 2 amide bonds. The first kappa shape index (κ1) is 22.3. The summed E-state index contributed by atoms with van der Waals surface area (Å²) in [7, 11) is 1.59. The van der Waals surface area contributed by atoms with Crippen LogP contribution in [0, 0.1) is 0 Å². The summed E-state index contributed by atoms with van der Waals surface area (Å²) >= 11 is 0. The number of rotatable bonds is 6. The van der Waals surface area contributed by atoms with Gasteiger partial charge in [-0.1, -0.05) is 24.3 Å². The molecule has 1 saturated heterocycles. The molecule has 1 N–H and O–H groups in total. The lowest BCUT2D eigenvalue weighted by Crippen LogP contribution is -2.51. The van der Waals surface area contributed by atoms with Crippen molar-refractivity contribution in [2.24, 2.45) is 0 Å². The number of nitrogens with one attached hydrogen (secondary N) is 1. The second-order valence-electron chi connectivity index (χ2n) is 7.98. The number of aromatic nitrogens is 2. The molecule has 1 aliphatic rings. The Hall–Kier alpha value is -3.88. The Balaban J connectivity index is 1.31. The number of nitrogens with zero attached hydrogens (tertiary/aromatic N) is 3. The van der Waals surface area contributed by atoms with Gasteiger partial charge in [-0.15, -0.1) is 0 Å². The zero-order chi connectivity index (χ0) is 23.4. The molecule has 1 fully saturated rings. The SMILES string of the molecule is COc1cccc(CC(=O)N2CCN(C(=O)CCn3[nH]c(=O)c4ccccc4c3=O)CC2)c1. The van der Waals surface area contributed by atoms with Crippen molar-refractivity contribution < 1.29 is 14.3 Å². The van der Waals surface area contributed by atoms with E-state index in [0.29, 0.717) is 42.7 Å². The molecule has 9 heteroatoms. The number of aromatic amines is 1. The largest absolute Gasteiger partial charge is 0.497 e. The number of hydrogen-bond donors (Lipinski definition) is 1. The van der Waals surface area contributed by atoms with Gasteiger partial charge < -0.3 is 14.5 Å². The van der Waals surface area contributed by atoms with Crippen LogP contribution in [0.5, 0.6) is 5.75 Å². The number of benzene rings is 2. The average molecular weight is 450 g/mol. The van der Waals surface area contributed by atoms with Crippen LogP contribution in [0.25, 0.3) is 10.8 Å². The minimum Gasteiger partial charge on any atom is -0.497 e. The van der Waals surface area contributed by atoms with Crippen molar-refractivity contribution in [2.45, 2.75) is 19.4 Å². The molecule has 0 saturated carbocycles. The van der Waals surface area contributed by atoms with E-state index < -0.39 is 0 Å². The quantitative estimate of drug-likeness (QED) is 0.603. The zero-order valence-electron chi connectivity index (χ0n) is 18.5. The maximum atomic E-state index is 12.7. The minimum atomic E-state index is -0.360. The fraction of sp³-hybridized carbons (Fsp3) is 0.333. The molecule has 2 heterocycles. The molecular weight excluding hydrogens is 424 g/mol. The molecule has 1 aromatic heterocycles. The molecule has 33 heavy (non-hydrogen) atoms. The molecule has 0 atom stereocenters. The molecule has 0 unspecified atom stereocenters. The van der Waals surface area contributed by atoms with Gasteiger partial charge in [-0.2, -0.15) is 0 Å². The van der Waals surface area contributed by atoms with Crippen molar-refractivity contribution in [1.82, 2.24) is 19.6 Å². The fourth-order valence-corrected chi connectivity index (χ4v) is 4.04. The molecule has 4 rings (SSSR count). The lowest BCUT2D eigenvalue weighted by Gasteiger charge is -2.35. The summed E-state index contributed by atoms with van der Waals surface area (Å²) in [4.78, 5) is 53.6. The molecule has 3 aromatic rings. The van der Waals surface area contributed by atoms with Crippen LogP contribution in [-0.2, 0) is 22.6 Å². The van der Waals surface area contributed by atoms with Crippen LogP contribution < -0.4 is 15.9 Å². The predicted octanol–water partition coefficient (Wildman–Crippen LogP) is 1.00. The standard InChI is InChI=1S/C24H26N4O5/c1-33-18-6-4-5-17(15-18)16-22(30)27-13-11-26(12-14-27)21(29)9-10-28-24(32)20-8-3-2-7-19(20)23(31)25-28/h2-8,15H,9-14,16H2,1H3,(H,25,31). The minimum absolute atomic E-state index is 0.00985. The number of carbonyl (C=O) groups excluding carboxylic acids is 2. The van der Waals surface area contributed by atoms with Crippen LogP contribution in [0.2, 0.25) is 0 Å².